The Morgan fingerprint density at radius 2 is 2.38 bits per heavy atom. The maximum Gasteiger partial charge on any atom is 0.269 e. The van der Waals surface area contributed by atoms with E-state index in [-0.39, 0.29) is 19.1 Å². The second-order valence-electron chi connectivity index (χ2n) is 3.00. The lowest BCUT2D eigenvalue weighted by Gasteiger charge is -2.05. The van der Waals surface area contributed by atoms with Gasteiger partial charge in [0, 0.05) is 13.1 Å². The van der Waals surface area contributed by atoms with Crippen LogP contribution in [-0.2, 0) is 0 Å². The lowest BCUT2D eigenvalue weighted by atomic mass is 10.3. The first-order valence-corrected chi connectivity index (χ1v) is 4.96. The molecule has 0 atom stereocenters. The van der Waals surface area contributed by atoms with E-state index in [2.05, 4.69) is 10.3 Å². The average molecular weight is 225 g/mol. The first kappa shape index (κ1) is 12.4. The highest BCUT2D eigenvalue weighted by molar-refractivity contribution is 5.92. The summed E-state index contributed by atoms with van der Waals surface area (Å²) in [5.74, 6) is 0.253. The van der Waals surface area contributed by atoms with Crippen molar-refractivity contribution in [1.29, 1.82) is 0 Å². The summed E-state index contributed by atoms with van der Waals surface area (Å²) in [7, 11) is 0. The van der Waals surface area contributed by atoms with Crippen LogP contribution in [0.25, 0.3) is 0 Å². The van der Waals surface area contributed by atoms with Gasteiger partial charge in [0.25, 0.3) is 5.91 Å². The largest absolute Gasteiger partial charge is 0.490 e. The molecule has 0 spiro atoms. The number of carbonyl (C=O) groups excluding carboxylic acids is 1. The van der Waals surface area contributed by atoms with Gasteiger partial charge in [-0.3, -0.25) is 4.79 Å². The van der Waals surface area contributed by atoms with Crippen LogP contribution in [0, 0.1) is 0 Å². The summed E-state index contributed by atoms with van der Waals surface area (Å²) in [6.45, 7) is 0.964. The van der Waals surface area contributed by atoms with Crippen molar-refractivity contribution in [2.45, 2.75) is 0 Å². The molecule has 0 saturated carbocycles. The minimum absolute atomic E-state index is 0.0568. The van der Waals surface area contributed by atoms with Gasteiger partial charge >= 0.3 is 0 Å². The molecular formula is C10H15N3O3. The van der Waals surface area contributed by atoms with E-state index in [1.807, 2.05) is 0 Å². The lowest BCUT2D eigenvalue weighted by Crippen LogP contribution is -2.29. The molecule has 0 radical (unpaired) electrons. The lowest BCUT2D eigenvalue weighted by molar-refractivity contribution is 0.0949. The molecule has 0 aromatic carbocycles. The van der Waals surface area contributed by atoms with Crippen molar-refractivity contribution < 1.29 is 14.6 Å². The number of nitrogens with one attached hydrogen (secondary N) is 1. The monoisotopic (exact) mass is 225 g/mol. The Morgan fingerprint density at radius 1 is 1.56 bits per heavy atom. The zero-order valence-electron chi connectivity index (χ0n) is 8.85. The predicted octanol–water partition coefficient (Wildman–Crippen LogP) is -0.859. The van der Waals surface area contributed by atoms with E-state index in [1.54, 1.807) is 12.1 Å². The van der Waals surface area contributed by atoms with Crippen molar-refractivity contribution in [2.24, 2.45) is 5.73 Å². The zero-order valence-corrected chi connectivity index (χ0v) is 8.85. The van der Waals surface area contributed by atoms with Crippen LogP contribution in [0.15, 0.2) is 18.3 Å². The Kier molecular flexibility index (Phi) is 5.24. The van der Waals surface area contributed by atoms with E-state index in [0.29, 0.717) is 24.5 Å². The fourth-order valence-electron chi connectivity index (χ4n) is 1.04. The number of aliphatic hydroxyl groups is 1. The maximum atomic E-state index is 11.4. The number of hydrogen-bond acceptors (Lipinski definition) is 5. The summed E-state index contributed by atoms with van der Waals surface area (Å²) < 4.78 is 5.11. The molecule has 6 nitrogen and oxygen atoms in total. The number of amides is 1. The molecule has 4 N–H and O–H groups in total. The number of pyridine rings is 1. The Labute approximate surface area is 93.4 Å². The molecule has 1 aromatic rings. The van der Waals surface area contributed by atoms with Gasteiger partial charge in [-0.2, -0.15) is 0 Å². The molecule has 0 bridgehead atoms. The van der Waals surface area contributed by atoms with E-state index in [9.17, 15) is 4.79 Å². The van der Waals surface area contributed by atoms with Gasteiger partial charge in [-0.1, -0.05) is 0 Å². The normalized spacial score (nSPS) is 9.88. The first-order chi connectivity index (χ1) is 7.77. The van der Waals surface area contributed by atoms with Gasteiger partial charge in [-0.25, -0.2) is 4.98 Å². The summed E-state index contributed by atoms with van der Waals surface area (Å²) in [5.41, 5.74) is 5.57. The molecule has 1 amide bonds. The van der Waals surface area contributed by atoms with Gasteiger partial charge in [0.2, 0.25) is 0 Å². The van der Waals surface area contributed by atoms with E-state index < -0.39 is 0 Å². The van der Waals surface area contributed by atoms with Crippen LogP contribution in [0.2, 0.25) is 0 Å². The molecule has 1 aromatic heterocycles. The Hall–Kier alpha value is -1.66. The highest BCUT2D eigenvalue weighted by Gasteiger charge is 2.05. The number of ether oxygens (including phenoxy) is 1. The molecule has 1 heterocycles. The zero-order chi connectivity index (χ0) is 11.8. The number of rotatable bonds is 6. The van der Waals surface area contributed by atoms with Crippen LogP contribution >= 0.6 is 0 Å². The maximum absolute atomic E-state index is 11.4. The van der Waals surface area contributed by atoms with Crippen LogP contribution in [0.1, 0.15) is 10.5 Å². The SMILES string of the molecule is NCCNC(=O)c1ccc(OCCO)cn1. The Morgan fingerprint density at radius 3 is 2.94 bits per heavy atom. The van der Waals surface area contributed by atoms with Crippen molar-refractivity contribution in [3.8, 4) is 5.75 Å². The molecule has 0 aliphatic heterocycles. The van der Waals surface area contributed by atoms with Crippen LogP contribution in [0.5, 0.6) is 5.75 Å². The quantitative estimate of drug-likeness (QED) is 0.585. The van der Waals surface area contributed by atoms with E-state index in [4.69, 9.17) is 15.6 Å². The van der Waals surface area contributed by atoms with Gasteiger partial charge in [0.05, 0.1) is 12.8 Å². The summed E-state index contributed by atoms with van der Waals surface area (Å²) in [5, 5.41) is 11.2. The number of hydrogen-bond donors (Lipinski definition) is 3. The second-order valence-corrected chi connectivity index (χ2v) is 3.00. The molecule has 0 unspecified atom stereocenters. The summed E-state index contributed by atoms with van der Waals surface area (Å²) in [6, 6.07) is 3.18. The standard InChI is InChI=1S/C10H15N3O3/c11-3-4-12-10(15)9-2-1-8(7-13-9)16-6-5-14/h1-2,7,14H,3-6,11H2,(H,12,15). The van der Waals surface area contributed by atoms with Crippen molar-refractivity contribution in [1.82, 2.24) is 10.3 Å². The van der Waals surface area contributed by atoms with E-state index in [0.717, 1.165) is 0 Å². The van der Waals surface area contributed by atoms with Crippen LogP contribution in [0.3, 0.4) is 0 Å². The molecule has 0 saturated heterocycles. The molecule has 1 rings (SSSR count). The summed E-state index contributed by atoms with van der Waals surface area (Å²) in [6.07, 6.45) is 1.44. The minimum atomic E-state index is -0.265. The third-order valence-electron chi connectivity index (χ3n) is 1.76. The smallest absolute Gasteiger partial charge is 0.269 e. The van der Waals surface area contributed by atoms with Gasteiger partial charge in [-0.15, -0.1) is 0 Å². The summed E-state index contributed by atoms with van der Waals surface area (Å²) >= 11 is 0. The first-order valence-electron chi connectivity index (χ1n) is 4.96. The van der Waals surface area contributed by atoms with Crippen LogP contribution in [0.4, 0.5) is 0 Å². The molecule has 0 fully saturated rings. The van der Waals surface area contributed by atoms with Gasteiger partial charge in [-0.05, 0) is 12.1 Å². The summed E-state index contributed by atoms with van der Waals surface area (Å²) in [4.78, 5) is 15.3. The van der Waals surface area contributed by atoms with Gasteiger partial charge in [0.1, 0.15) is 18.1 Å². The van der Waals surface area contributed by atoms with Gasteiger partial charge in [0.15, 0.2) is 0 Å². The predicted molar refractivity (Wildman–Crippen MR) is 58.2 cm³/mol. The van der Waals surface area contributed by atoms with Crippen LogP contribution in [-0.4, -0.2) is 42.3 Å². The van der Waals surface area contributed by atoms with Crippen molar-refractivity contribution in [2.75, 3.05) is 26.3 Å². The van der Waals surface area contributed by atoms with Crippen molar-refractivity contribution in [3.63, 3.8) is 0 Å². The molecular weight excluding hydrogens is 210 g/mol. The molecule has 0 aliphatic carbocycles. The van der Waals surface area contributed by atoms with Gasteiger partial charge < -0.3 is 20.9 Å². The van der Waals surface area contributed by atoms with E-state index in [1.165, 1.54) is 6.20 Å². The third kappa shape index (κ3) is 3.84. The Bertz CT molecular complexity index is 327. The number of nitrogens with two attached hydrogens (primary N) is 1. The van der Waals surface area contributed by atoms with Crippen LogP contribution < -0.4 is 15.8 Å². The molecule has 16 heavy (non-hydrogen) atoms. The fourth-order valence-corrected chi connectivity index (χ4v) is 1.04. The number of aromatic nitrogens is 1. The highest BCUT2D eigenvalue weighted by Crippen LogP contribution is 2.08. The Balaban J connectivity index is 2.53. The molecule has 88 valence electrons. The third-order valence-corrected chi connectivity index (χ3v) is 1.76. The second kappa shape index (κ2) is 6.76. The molecule has 0 aliphatic rings. The fraction of sp³-hybridized carbons (Fsp3) is 0.400. The topological polar surface area (TPSA) is 97.5 Å². The average Bonchev–Trinajstić information content (AvgIpc) is 2.34. The van der Waals surface area contributed by atoms with E-state index >= 15 is 0 Å². The number of carbonyl (C=O) groups is 1. The van der Waals surface area contributed by atoms with Crippen molar-refractivity contribution in [3.05, 3.63) is 24.0 Å². The van der Waals surface area contributed by atoms with Crippen molar-refractivity contribution >= 4 is 5.91 Å². The number of nitrogens with zero attached hydrogens (tertiary/aromatic N) is 1. The minimum Gasteiger partial charge on any atom is -0.490 e. The highest BCUT2D eigenvalue weighted by atomic mass is 16.5. The molecule has 6 heteroatoms. The number of aliphatic hydroxyl groups excluding tert-OH is 1.